The molecule has 3 N–H and O–H groups in total. The summed E-state index contributed by atoms with van der Waals surface area (Å²) in [5, 5.41) is 9.97. The molecule has 2 aromatic rings. The quantitative estimate of drug-likeness (QED) is 0.695. The Kier molecular flexibility index (Phi) is 4.67. The third kappa shape index (κ3) is 4.16. The van der Waals surface area contributed by atoms with Crippen LogP contribution >= 0.6 is 0 Å². The van der Waals surface area contributed by atoms with Crippen LogP contribution < -0.4 is 16.0 Å². The van der Waals surface area contributed by atoms with Crippen molar-refractivity contribution >= 4 is 22.7 Å². The molecule has 0 fully saturated rings. The van der Waals surface area contributed by atoms with Crippen LogP contribution in [-0.4, -0.2) is 7.05 Å². The van der Waals surface area contributed by atoms with Gasteiger partial charge >= 0.3 is 0 Å². The van der Waals surface area contributed by atoms with Crippen molar-refractivity contribution in [3.8, 4) is 0 Å². The molecule has 0 bridgehead atoms. The van der Waals surface area contributed by atoms with E-state index in [1.54, 1.807) is 0 Å². The standard InChI is InChI=1S/C20H23N3/c1-15-3-5-17(6-4-15)22-19-11-13-20(14-12-19)23-18-9-7-16(21-2)8-10-18/h3,5-15,21-23H,4H2,1-2H3. The van der Waals surface area contributed by atoms with E-state index in [1.165, 1.54) is 5.70 Å². The smallest absolute Gasteiger partial charge is 0.0385 e. The van der Waals surface area contributed by atoms with Crippen LogP contribution in [0.2, 0.25) is 0 Å². The Labute approximate surface area is 138 Å². The number of hydrogen-bond donors (Lipinski definition) is 3. The van der Waals surface area contributed by atoms with E-state index in [0.29, 0.717) is 5.92 Å². The minimum absolute atomic E-state index is 0.640. The van der Waals surface area contributed by atoms with Gasteiger partial charge in [0.2, 0.25) is 0 Å². The molecule has 0 heterocycles. The summed E-state index contributed by atoms with van der Waals surface area (Å²) in [7, 11) is 1.92. The molecular weight excluding hydrogens is 282 g/mol. The molecule has 118 valence electrons. The first-order valence-electron chi connectivity index (χ1n) is 8.03. The molecule has 1 aliphatic carbocycles. The highest BCUT2D eigenvalue weighted by atomic mass is 14.9. The van der Waals surface area contributed by atoms with E-state index >= 15 is 0 Å². The van der Waals surface area contributed by atoms with E-state index in [4.69, 9.17) is 0 Å². The Morgan fingerprint density at radius 2 is 1.30 bits per heavy atom. The molecule has 0 radical (unpaired) electrons. The highest BCUT2D eigenvalue weighted by Gasteiger charge is 2.03. The molecular formula is C20H23N3. The minimum Gasteiger partial charge on any atom is -0.388 e. The third-order valence-corrected chi connectivity index (χ3v) is 3.95. The Morgan fingerprint density at radius 3 is 1.78 bits per heavy atom. The molecule has 0 saturated carbocycles. The van der Waals surface area contributed by atoms with Gasteiger partial charge < -0.3 is 16.0 Å². The Balaban J connectivity index is 1.61. The summed E-state index contributed by atoms with van der Waals surface area (Å²) in [6.07, 6.45) is 7.75. The maximum atomic E-state index is 3.45. The fraction of sp³-hybridized carbons (Fsp3) is 0.200. The van der Waals surface area contributed by atoms with Crippen LogP contribution in [-0.2, 0) is 0 Å². The van der Waals surface area contributed by atoms with Gasteiger partial charge in [-0.1, -0.05) is 19.1 Å². The molecule has 0 aliphatic heterocycles. The summed E-state index contributed by atoms with van der Waals surface area (Å²) >= 11 is 0. The van der Waals surface area contributed by atoms with Crippen molar-refractivity contribution in [1.29, 1.82) is 0 Å². The zero-order chi connectivity index (χ0) is 16.1. The zero-order valence-corrected chi connectivity index (χ0v) is 13.6. The normalized spacial score (nSPS) is 16.6. The molecule has 0 saturated heterocycles. The second kappa shape index (κ2) is 7.05. The van der Waals surface area contributed by atoms with E-state index in [1.807, 2.05) is 7.05 Å². The van der Waals surface area contributed by atoms with Crippen LogP contribution in [0.3, 0.4) is 0 Å². The first kappa shape index (κ1) is 15.2. The van der Waals surface area contributed by atoms with Crippen LogP contribution in [0.1, 0.15) is 13.3 Å². The number of rotatable bonds is 5. The van der Waals surface area contributed by atoms with Crippen molar-refractivity contribution in [2.24, 2.45) is 5.92 Å². The highest BCUT2D eigenvalue weighted by molar-refractivity contribution is 5.65. The van der Waals surface area contributed by atoms with E-state index < -0.39 is 0 Å². The van der Waals surface area contributed by atoms with Crippen LogP contribution in [0.4, 0.5) is 22.7 Å². The molecule has 1 atom stereocenters. The maximum absolute atomic E-state index is 3.45. The molecule has 1 unspecified atom stereocenters. The second-order valence-electron chi connectivity index (χ2n) is 5.89. The number of hydrogen-bond acceptors (Lipinski definition) is 3. The summed E-state index contributed by atoms with van der Waals surface area (Å²) < 4.78 is 0. The van der Waals surface area contributed by atoms with Gasteiger partial charge in [-0.15, -0.1) is 0 Å². The summed E-state index contributed by atoms with van der Waals surface area (Å²) in [6, 6.07) is 16.6. The van der Waals surface area contributed by atoms with Gasteiger partial charge in [0.1, 0.15) is 0 Å². The van der Waals surface area contributed by atoms with Gasteiger partial charge in [-0.05, 0) is 66.9 Å². The van der Waals surface area contributed by atoms with E-state index in [9.17, 15) is 0 Å². The molecule has 0 aromatic heterocycles. The van der Waals surface area contributed by atoms with Crippen molar-refractivity contribution in [2.75, 3.05) is 23.0 Å². The summed E-state index contributed by atoms with van der Waals surface area (Å²) in [5.41, 5.74) is 5.54. The molecule has 0 amide bonds. The van der Waals surface area contributed by atoms with Crippen LogP contribution in [0.25, 0.3) is 0 Å². The topological polar surface area (TPSA) is 36.1 Å². The summed E-state index contributed by atoms with van der Waals surface area (Å²) in [4.78, 5) is 0. The lowest BCUT2D eigenvalue weighted by atomic mass is 10.0. The van der Waals surface area contributed by atoms with Gasteiger partial charge in [0, 0.05) is 35.5 Å². The predicted molar refractivity (Wildman–Crippen MR) is 100 cm³/mol. The zero-order valence-electron chi connectivity index (χ0n) is 13.6. The van der Waals surface area contributed by atoms with Gasteiger partial charge in [-0.3, -0.25) is 0 Å². The van der Waals surface area contributed by atoms with Crippen molar-refractivity contribution in [1.82, 2.24) is 0 Å². The predicted octanol–water partition coefficient (Wildman–Crippen LogP) is 5.36. The van der Waals surface area contributed by atoms with Crippen molar-refractivity contribution < 1.29 is 0 Å². The van der Waals surface area contributed by atoms with Gasteiger partial charge in [-0.2, -0.15) is 0 Å². The monoisotopic (exact) mass is 305 g/mol. The Morgan fingerprint density at radius 1 is 0.783 bits per heavy atom. The summed E-state index contributed by atoms with van der Waals surface area (Å²) in [6.45, 7) is 2.23. The number of nitrogens with one attached hydrogen (secondary N) is 3. The number of anilines is 4. The van der Waals surface area contributed by atoms with Crippen molar-refractivity contribution in [2.45, 2.75) is 13.3 Å². The lowest BCUT2D eigenvalue weighted by molar-refractivity contribution is 0.731. The first-order valence-corrected chi connectivity index (χ1v) is 8.03. The summed E-state index contributed by atoms with van der Waals surface area (Å²) in [5.74, 6) is 0.640. The minimum atomic E-state index is 0.640. The van der Waals surface area contributed by atoms with Crippen LogP contribution in [0.15, 0.2) is 72.5 Å². The van der Waals surface area contributed by atoms with Crippen LogP contribution in [0, 0.1) is 5.92 Å². The fourth-order valence-electron chi connectivity index (χ4n) is 2.51. The molecule has 2 aromatic carbocycles. The highest BCUT2D eigenvalue weighted by Crippen LogP contribution is 2.22. The fourth-order valence-corrected chi connectivity index (χ4v) is 2.51. The van der Waals surface area contributed by atoms with Crippen LogP contribution in [0.5, 0.6) is 0 Å². The lowest BCUT2D eigenvalue weighted by Gasteiger charge is -2.14. The van der Waals surface area contributed by atoms with Gasteiger partial charge in [0.25, 0.3) is 0 Å². The van der Waals surface area contributed by atoms with Crippen molar-refractivity contribution in [3.05, 3.63) is 72.5 Å². The Bertz CT molecular complexity index is 697. The largest absolute Gasteiger partial charge is 0.388 e. The maximum Gasteiger partial charge on any atom is 0.0385 e. The van der Waals surface area contributed by atoms with Gasteiger partial charge in [0.15, 0.2) is 0 Å². The third-order valence-electron chi connectivity index (χ3n) is 3.95. The van der Waals surface area contributed by atoms with Gasteiger partial charge in [0.05, 0.1) is 0 Å². The molecule has 3 rings (SSSR count). The number of allylic oxidation sites excluding steroid dienone is 3. The molecule has 3 heteroatoms. The van der Waals surface area contributed by atoms with E-state index in [0.717, 1.165) is 29.2 Å². The number of benzene rings is 2. The molecule has 1 aliphatic rings. The second-order valence-corrected chi connectivity index (χ2v) is 5.89. The van der Waals surface area contributed by atoms with Crippen molar-refractivity contribution in [3.63, 3.8) is 0 Å². The Hall–Kier alpha value is -2.68. The van der Waals surface area contributed by atoms with E-state index in [-0.39, 0.29) is 0 Å². The average molecular weight is 305 g/mol. The lowest BCUT2D eigenvalue weighted by Crippen LogP contribution is -2.02. The molecule has 3 nitrogen and oxygen atoms in total. The molecule has 0 spiro atoms. The van der Waals surface area contributed by atoms with Gasteiger partial charge in [-0.25, -0.2) is 0 Å². The first-order chi connectivity index (χ1) is 11.2. The average Bonchev–Trinajstić information content (AvgIpc) is 2.59. The van der Waals surface area contributed by atoms with E-state index in [2.05, 4.69) is 89.6 Å². The SMILES string of the molecule is CNc1ccc(Nc2ccc(NC3=CCC(C)C=C3)cc2)cc1. The molecule has 23 heavy (non-hydrogen) atoms.